The number of carbonyl (C=O) groups is 1. The van der Waals surface area contributed by atoms with Crippen molar-refractivity contribution in [1.29, 1.82) is 0 Å². The molecule has 1 aliphatic heterocycles. The predicted octanol–water partition coefficient (Wildman–Crippen LogP) is 2.63. The van der Waals surface area contributed by atoms with Gasteiger partial charge < -0.3 is 10.6 Å². The Bertz CT molecular complexity index is 408. The molecule has 0 spiro atoms. The molecule has 0 aliphatic carbocycles. The molecule has 114 valence electrons. The monoisotopic (exact) mass is 319 g/mol. The Kier molecular flexibility index (Phi) is 8.09. The molecule has 4 nitrogen and oxygen atoms in total. The van der Waals surface area contributed by atoms with Crippen LogP contribution in [0.15, 0.2) is 24.4 Å². The van der Waals surface area contributed by atoms with Gasteiger partial charge in [-0.15, -0.1) is 24.8 Å². The van der Waals surface area contributed by atoms with Crippen molar-refractivity contribution < 1.29 is 4.79 Å². The maximum absolute atomic E-state index is 12.3. The van der Waals surface area contributed by atoms with Gasteiger partial charge in [-0.1, -0.05) is 6.07 Å². The van der Waals surface area contributed by atoms with Gasteiger partial charge in [-0.25, -0.2) is 0 Å². The van der Waals surface area contributed by atoms with E-state index in [1.54, 1.807) is 6.20 Å². The largest absolute Gasteiger partial charge is 0.346 e. The summed E-state index contributed by atoms with van der Waals surface area (Å²) in [5.41, 5.74) is 0.464. The first-order valence-electron chi connectivity index (χ1n) is 6.59. The fraction of sp³-hybridized carbons (Fsp3) is 0.571. The number of hydrogen-bond acceptors (Lipinski definition) is 3. The topological polar surface area (TPSA) is 54.0 Å². The number of nitrogens with one attached hydrogen (secondary N) is 2. The molecule has 1 aromatic heterocycles. The summed E-state index contributed by atoms with van der Waals surface area (Å²) in [7, 11) is 0. The molecule has 20 heavy (non-hydrogen) atoms. The van der Waals surface area contributed by atoms with Crippen molar-refractivity contribution >= 4 is 30.7 Å². The maximum atomic E-state index is 12.3. The molecule has 1 fully saturated rings. The van der Waals surface area contributed by atoms with Crippen LogP contribution in [0.2, 0.25) is 0 Å². The average molecular weight is 320 g/mol. The van der Waals surface area contributed by atoms with E-state index in [1.165, 1.54) is 0 Å². The average Bonchev–Trinajstić information content (AvgIpc) is 2.40. The zero-order chi connectivity index (χ0) is 13.0. The molecule has 1 saturated heterocycles. The van der Waals surface area contributed by atoms with Gasteiger partial charge in [0.15, 0.2) is 0 Å². The maximum Gasteiger partial charge on any atom is 0.240 e. The summed E-state index contributed by atoms with van der Waals surface area (Å²) in [4.78, 5) is 16.6. The van der Waals surface area contributed by atoms with Crippen LogP contribution in [-0.4, -0.2) is 23.0 Å². The number of halogens is 2. The minimum absolute atomic E-state index is 0. The van der Waals surface area contributed by atoms with E-state index < -0.39 is 5.54 Å². The molecule has 0 radical (unpaired) electrons. The van der Waals surface area contributed by atoms with Gasteiger partial charge in [0.2, 0.25) is 5.91 Å². The number of amides is 1. The van der Waals surface area contributed by atoms with Crippen LogP contribution in [0.4, 0.5) is 0 Å². The molecule has 2 rings (SSSR count). The summed E-state index contributed by atoms with van der Waals surface area (Å²) in [5, 5.41) is 6.36. The van der Waals surface area contributed by atoms with Crippen molar-refractivity contribution in [3.8, 4) is 0 Å². The van der Waals surface area contributed by atoms with Crippen molar-refractivity contribution in [1.82, 2.24) is 15.6 Å². The Labute approximate surface area is 132 Å². The summed E-state index contributed by atoms with van der Waals surface area (Å²) in [5.74, 6) is 0.0698. The van der Waals surface area contributed by atoms with Crippen molar-refractivity contribution in [3.63, 3.8) is 0 Å². The highest BCUT2D eigenvalue weighted by atomic mass is 35.5. The van der Waals surface area contributed by atoms with Crippen LogP contribution in [0.1, 0.15) is 44.8 Å². The van der Waals surface area contributed by atoms with E-state index in [-0.39, 0.29) is 36.8 Å². The lowest BCUT2D eigenvalue weighted by molar-refractivity contribution is -0.128. The van der Waals surface area contributed by atoms with E-state index in [4.69, 9.17) is 0 Å². The van der Waals surface area contributed by atoms with Crippen molar-refractivity contribution in [2.75, 3.05) is 6.54 Å². The fourth-order valence-corrected chi connectivity index (χ4v) is 2.31. The summed E-state index contributed by atoms with van der Waals surface area (Å²) < 4.78 is 0. The molecule has 2 N–H and O–H groups in total. The van der Waals surface area contributed by atoms with E-state index in [1.807, 2.05) is 32.0 Å². The summed E-state index contributed by atoms with van der Waals surface area (Å²) in [6, 6.07) is 5.69. The van der Waals surface area contributed by atoms with Crippen LogP contribution >= 0.6 is 24.8 Å². The van der Waals surface area contributed by atoms with E-state index >= 15 is 0 Å². The first-order valence-corrected chi connectivity index (χ1v) is 6.59. The lowest BCUT2D eigenvalue weighted by atomic mass is 9.90. The predicted molar refractivity (Wildman–Crippen MR) is 85.5 cm³/mol. The third kappa shape index (κ3) is 4.62. The van der Waals surface area contributed by atoms with Crippen LogP contribution in [-0.2, 0) is 4.79 Å². The molecule has 0 saturated carbocycles. The second-order valence-electron chi connectivity index (χ2n) is 5.17. The second-order valence-corrected chi connectivity index (χ2v) is 5.17. The first kappa shape index (κ1) is 19.2. The van der Waals surface area contributed by atoms with Crippen LogP contribution in [0.25, 0.3) is 0 Å². The minimum atomic E-state index is -0.429. The summed E-state index contributed by atoms with van der Waals surface area (Å²) >= 11 is 0. The Morgan fingerprint density at radius 2 is 2.15 bits per heavy atom. The summed E-state index contributed by atoms with van der Waals surface area (Å²) in [6.45, 7) is 4.86. The van der Waals surface area contributed by atoms with E-state index in [0.29, 0.717) is 0 Å². The molecule has 0 aromatic carbocycles. The highest BCUT2D eigenvalue weighted by molar-refractivity contribution is 5.86. The van der Waals surface area contributed by atoms with Gasteiger partial charge >= 0.3 is 0 Å². The zero-order valence-corrected chi connectivity index (χ0v) is 13.5. The van der Waals surface area contributed by atoms with Crippen LogP contribution < -0.4 is 10.6 Å². The van der Waals surface area contributed by atoms with Gasteiger partial charge in [0.1, 0.15) is 0 Å². The smallest absolute Gasteiger partial charge is 0.240 e. The number of piperidine rings is 1. The van der Waals surface area contributed by atoms with Gasteiger partial charge in [-0.05, 0) is 51.8 Å². The standard InChI is InChI=1S/C14H21N3O.2ClH/c1-11(12-7-3-5-9-15-12)17-13(18)14(2)8-4-6-10-16-14;;/h3,5,7,9,11,16H,4,6,8,10H2,1-2H3,(H,17,18);2*1H. The van der Waals surface area contributed by atoms with Gasteiger partial charge in [-0.2, -0.15) is 0 Å². The molecule has 2 atom stereocenters. The van der Waals surface area contributed by atoms with Gasteiger partial charge in [0.25, 0.3) is 0 Å². The lowest BCUT2D eigenvalue weighted by Crippen LogP contribution is -2.57. The van der Waals surface area contributed by atoms with Crippen LogP contribution in [0, 0.1) is 0 Å². The van der Waals surface area contributed by atoms with Gasteiger partial charge in [0.05, 0.1) is 17.3 Å². The number of nitrogens with zero attached hydrogens (tertiary/aromatic N) is 1. The number of hydrogen-bond donors (Lipinski definition) is 2. The minimum Gasteiger partial charge on any atom is -0.346 e. The number of pyridine rings is 1. The second kappa shape index (κ2) is 8.45. The fourth-order valence-electron chi connectivity index (χ4n) is 2.31. The molecule has 1 aliphatic rings. The van der Waals surface area contributed by atoms with Crippen LogP contribution in [0.5, 0.6) is 0 Å². The quantitative estimate of drug-likeness (QED) is 0.900. The molecule has 2 unspecified atom stereocenters. The number of aromatic nitrogens is 1. The molecule has 1 aromatic rings. The third-order valence-corrected chi connectivity index (χ3v) is 3.60. The number of rotatable bonds is 3. The molecule has 1 amide bonds. The highest BCUT2D eigenvalue weighted by Gasteiger charge is 2.34. The molecular weight excluding hydrogens is 297 g/mol. The van der Waals surface area contributed by atoms with E-state index in [2.05, 4.69) is 15.6 Å². The summed E-state index contributed by atoms with van der Waals surface area (Å²) in [6.07, 6.45) is 4.90. The van der Waals surface area contributed by atoms with Crippen molar-refractivity contribution in [2.24, 2.45) is 0 Å². The van der Waals surface area contributed by atoms with E-state index in [0.717, 1.165) is 31.5 Å². The van der Waals surface area contributed by atoms with Gasteiger partial charge in [0, 0.05) is 6.20 Å². The Morgan fingerprint density at radius 3 is 2.70 bits per heavy atom. The Hall–Kier alpha value is -0.840. The first-order chi connectivity index (χ1) is 8.62. The lowest BCUT2D eigenvalue weighted by Gasteiger charge is -2.34. The molecule has 0 bridgehead atoms. The van der Waals surface area contributed by atoms with Crippen molar-refractivity contribution in [3.05, 3.63) is 30.1 Å². The van der Waals surface area contributed by atoms with Crippen molar-refractivity contribution in [2.45, 2.75) is 44.7 Å². The molecule has 6 heteroatoms. The third-order valence-electron chi connectivity index (χ3n) is 3.60. The van der Waals surface area contributed by atoms with Gasteiger partial charge in [-0.3, -0.25) is 9.78 Å². The highest BCUT2D eigenvalue weighted by Crippen LogP contribution is 2.20. The Morgan fingerprint density at radius 1 is 1.40 bits per heavy atom. The number of carbonyl (C=O) groups excluding carboxylic acids is 1. The van der Waals surface area contributed by atoms with Crippen LogP contribution in [0.3, 0.4) is 0 Å². The SMILES string of the molecule is CC(NC(=O)C1(C)CCCCN1)c1ccccn1.Cl.Cl. The molecule has 2 heterocycles. The zero-order valence-electron chi connectivity index (χ0n) is 11.9. The normalized spacial score (nSPS) is 22.9. The van der Waals surface area contributed by atoms with E-state index in [9.17, 15) is 4.79 Å². The Balaban J connectivity index is 0.00000180. The molecular formula is C14H23Cl2N3O.